The van der Waals surface area contributed by atoms with Crippen LogP contribution in [0.25, 0.3) is 0 Å². The standard InChI is InChI=1S/C16H24N2O4.ClH/c1-17-4-6-18(7-5-17)9-14(19)11-20-10-13-2-3-15-16(8-13)22-12-21-15;/h2-3,8,14,19H,4-7,9-12H2,1H3;1H/p-1. The molecule has 1 unspecified atom stereocenters. The number of β-amino-alcohol motifs (C(OH)–C–C–N with tert-alkyl or cyclic N) is 1. The highest BCUT2D eigenvalue weighted by molar-refractivity contribution is 5.44. The Bertz CT molecular complexity index is 495. The lowest BCUT2D eigenvalue weighted by molar-refractivity contribution is -0.0000212. The van der Waals surface area contributed by atoms with Crippen molar-refractivity contribution in [1.29, 1.82) is 0 Å². The summed E-state index contributed by atoms with van der Waals surface area (Å²) in [6.45, 7) is 5.91. The molecule has 1 aromatic carbocycles. The van der Waals surface area contributed by atoms with Gasteiger partial charge in [0, 0.05) is 32.7 Å². The molecule has 1 N–H and O–H groups in total. The summed E-state index contributed by atoms with van der Waals surface area (Å²) in [5.41, 5.74) is 1.02. The number of likely N-dealkylation sites (N-methyl/N-ethyl adjacent to an activating group) is 1. The maximum atomic E-state index is 10.1. The number of rotatable bonds is 6. The lowest BCUT2D eigenvalue weighted by Crippen LogP contribution is -3.00. The van der Waals surface area contributed by atoms with Crippen molar-refractivity contribution in [3.05, 3.63) is 23.8 Å². The van der Waals surface area contributed by atoms with Crippen LogP contribution in [-0.2, 0) is 11.3 Å². The molecule has 0 amide bonds. The molecule has 2 aliphatic heterocycles. The zero-order valence-electron chi connectivity index (χ0n) is 13.4. The van der Waals surface area contributed by atoms with Gasteiger partial charge in [-0.2, -0.15) is 0 Å². The van der Waals surface area contributed by atoms with E-state index in [-0.39, 0.29) is 19.2 Å². The maximum absolute atomic E-state index is 10.1. The molecule has 6 nitrogen and oxygen atoms in total. The molecule has 0 aliphatic carbocycles. The van der Waals surface area contributed by atoms with E-state index in [4.69, 9.17) is 14.2 Å². The summed E-state index contributed by atoms with van der Waals surface area (Å²) < 4.78 is 16.2. The van der Waals surface area contributed by atoms with Crippen molar-refractivity contribution in [1.82, 2.24) is 9.80 Å². The van der Waals surface area contributed by atoms with Crippen LogP contribution in [0.3, 0.4) is 0 Å². The number of aliphatic hydroxyl groups is 1. The van der Waals surface area contributed by atoms with Gasteiger partial charge in [0.1, 0.15) is 0 Å². The van der Waals surface area contributed by atoms with Crippen molar-refractivity contribution in [3.63, 3.8) is 0 Å². The topological polar surface area (TPSA) is 54.4 Å². The summed E-state index contributed by atoms with van der Waals surface area (Å²) in [7, 11) is 2.13. The summed E-state index contributed by atoms with van der Waals surface area (Å²) in [4.78, 5) is 4.59. The minimum Gasteiger partial charge on any atom is -1.00 e. The minimum atomic E-state index is -0.447. The molecule has 0 aromatic heterocycles. The number of hydrogen-bond donors (Lipinski definition) is 1. The van der Waals surface area contributed by atoms with Gasteiger partial charge >= 0.3 is 0 Å². The third-order valence-corrected chi connectivity index (χ3v) is 4.08. The number of nitrogens with zero attached hydrogens (tertiary/aromatic N) is 2. The number of benzene rings is 1. The van der Waals surface area contributed by atoms with Gasteiger partial charge < -0.3 is 36.6 Å². The fourth-order valence-corrected chi connectivity index (χ4v) is 2.72. The van der Waals surface area contributed by atoms with Gasteiger partial charge in [-0.15, -0.1) is 0 Å². The maximum Gasteiger partial charge on any atom is 0.231 e. The molecule has 3 rings (SSSR count). The number of hydrogen-bond acceptors (Lipinski definition) is 6. The Hall–Kier alpha value is -1.05. The summed E-state index contributed by atoms with van der Waals surface area (Å²) in [5, 5.41) is 10.1. The second kappa shape index (κ2) is 8.70. The summed E-state index contributed by atoms with van der Waals surface area (Å²) in [6.07, 6.45) is -0.447. The molecule has 23 heavy (non-hydrogen) atoms. The van der Waals surface area contributed by atoms with Crippen molar-refractivity contribution in [2.45, 2.75) is 12.7 Å². The number of fused-ring (bicyclic) bond motifs is 1. The van der Waals surface area contributed by atoms with Crippen LogP contribution < -0.4 is 21.9 Å². The Balaban J connectivity index is 0.00000192. The third-order valence-electron chi connectivity index (χ3n) is 4.08. The van der Waals surface area contributed by atoms with Gasteiger partial charge in [0.15, 0.2) is 11.5 Å². The van der Waals surface area contributed by atoms with Crippen LogP contribution in [0.4, 0.5) is 0 Å². The molecule has 0 spiro atoms. The molecular formula is C16H24ClN2O4-. The average Bonchev–Trinajstić information content (AvgIpc) is 2.97. The minimum absolute atomic E-state index is 0. The van der Waals surface area contributed by atoms with Crippen molar-refractivity contribution in [2.24, 2.45) is 0 Å². The van der Waals surface area contributed by atoms with Crippen LogP contribution in [0.1, 0.15) is 5.56 Å². The molecule has 0 saturated carbocycles. The second-order valence-electron chi connectivity index (χ2n) is 5.96. The van der Waals surface area contributed by atoms with Crippen molar-refractivity contribution in [2.75, 3.05) is 53.2 Å². The molecule has 1 aromatic rings. The van der Waals surface area contributed by atoms with Crippen LogP contribution in [0, 0.1) is 0 Å². The molecular weight excluding hydrogens is 320 g/mol. The third kappa shape index (κ3) is 5.22. The highest BCUT2D eigenvalue weighted by Crippen LogP contribution is 2.32. The summed E-state index contributed by atoms with van der Waals surface area (Å²) >= 11 is 0. The van der Waals surface area contributed by atoms with E-state index in [0.29, 0.717) is 19.8 Å². The Morgan fingerprint density at radius 3 is 2.70 bits per heavy atom. The van der Waals surface area contributed by atoms with E-state index in [0.717, 1.165) is 43.2 Å². The van der Waals surface area contributed by atoms with Gasteiger partial charge in [0.25, 0.3) is 0 Å². The van der Waals surface area contributed by atoms with Crippen LogP contribution in [0.2, 0.25) is 0 Å². The zero-order chi connectivity index (χ0) is 15.4. The normalized spacial score (nSPS) is 19.4. The largest absolute Gasteiger partial charge is 1.00 e. The molecule has 0 bridgehead atoms. The fourth-order valence-electron chi connectivity index (χ4n) is 2.72. The quantitative estimate of drug-likeness (QED) is 0.618. The van der Waals surface area contributed by atoms with Crippen molar-refractivity contribution < 1.29 is 31.7 Å². The first kappa shape index (κ1) is 18.3. The van der Waals surface area contributed by atoms with Gasteiger partial charge in [0.2, 0.25) is 6.79 Å². The Labute approximate surface area is 143 Å². The SMILES string of the molecule is CN1CCN(CC(O)COCc2ccc3c(c2)OCO3)CC1.[Cl-]. The number of halogens is 1. The number of piperazine rings is 1. The van der Waals surface area contributed by atoms with Gasteiger partial charge in [-0.05, 0) is 24.7 Å². The molecule has 7 heteroatoms. The summed E-state index contributed by atoms with van der Waals surface area (Å²) in [6, 6.07) is 5.78. The van der Waals surface area contributed by atoms with Gasteiger partial charge in [0.05, 0.1) is 19.3 Å². The van der Waals surface area contributed by atoms with E-state index in [1.807, 2.05) is 18.2 Å². The predicted octanol–water partition coefficient (Wildman–Crippen LogP) is -2.46. The monoisotopic (exact) mass is 343 g/mol. The molecule has 1 saturated heterocycles. The Morgan fingerprint density at radius 2 is 1.91 bits per heavy atom. The molecule has 2 heterocycles. The Morgan fingerprint density at radius 1 is 1.17 bits per heavy atom. The lowest BCUT2D eigenvalue weighted by atomic mass is 10.2. The molecule has 1 atom stereocenters. The van der Waals surface area contributed by atoms with E-state index >= 15 is 0 Å². The molecule has 0 radical (unpaired) electrons. The molecule has 1 fully saturated rings. The first-order valence-corrected chi connectivity index (χ1v) is 7.76. The van der Waals surface area contributed by atoms with Gasteiger partial charge in [-0.1, -0.05) is 6.07 Å². The van der Waals surface area contributed by atoms with Crippen LogP contribution in [-0.4, -0.2) is 74.2 Å². The average molecular weight is 344 g/mol. The van der Waals surface area contributed by atoms with Gasteiger partial charge in [-0.25, -0.2) is 0 Å². The highest BCUT2D eigenvalue weighted by Gasteiger charge is 2.17. The predicted molar refractivity (Wildman–Crippen MR) is 82.2 cm³/mol. The smallest absolute Gasteiger partial charge is 0.231 e. The van der Waals surface area contributed by atoms with E-state index in [1.54, 1.807) is 0 Å². The first-order chi connectivity index (χ1) is 10.7. The van der Waals surface area contributed by atoms with Crippen LogP contribution in [0.15, 0.2) is 18.2 Å². The second-order valence-corrected chi connectivity index (χ2v) is 5.96. The van der Waals surface area contributed by atoms with Crippen LogP contribution in [0.5, 0.6) is 11.5 Å². The van der Waals surface area contributed by atoms with E-state index in [2.05, 4.69) is 16.8 Å². The van der Waals surface area contributed by atoms with Crippen LogP contribution >= 0.6 is 0 Å². The first-order valence-electron chi connectivity index (χ1n) is 7.76. The van der Waals surface area contributed by atoms with Crippen molar-refractivity contribution >= 4 is 0 Å². The molecule has 2 aliphatic rings. The number of aliphatic hydroxyl groups excluding tert-OH is 1. The van der Waals surface area contributed by atoms with E-state index in [9.17, 15) is 5.11 Å². The zero-order valence-corrected chi connectivity index (χ0v) is 14.2. The van der Waals surface area contributed by atoms with Gasteiger partial charge in [-0.3, -0.25) is 4.90 Å². The summed E-state index contributed by atoms with van der Waals surface area (Å²) in [5.74, 6) is 1.54. The van der Waals surface area contributed by atoms with Crippen molar-refractivity contribution in [3.8, 4) is 11.5 Å². The fraction of sp³-hybridized carbons (Fsp3) is 0.625. The molecule has 130 valence electrons. The lowest BCUT2D eigenvalue weighted by Gasteiger charge is -2.33. The van der Waals surface area contributed by atoms with E-state index < -0.39 is 6.10 Å². The van der Waals surface area contributed by atoms with E-state index in [1.165, 1.54) is 0 Å². The highest BCUT2D eigenvalue weighted by atomic mass is 35.5. The Kier molecular flexibility index (Phi) is 6.92. The number of ether oxygens (including phenoxy) is 3.